The molecule has 0 aliphatic rings. The van der Waals surface area contributed by atoms with Crippen LogP contribution in [0.25, 0.3) is 22.5 Å². The van der Waals surface area contributed by atoms with Gasteiger partial charge in [-0.15, -0.1) is 0 Å². The van der Waals surface area contributed by atoms with Crippen molar-refractivity contribution in [3.63, 3.8) is 0 Å². The van der Waals surface area contributed by atoms with Gasteiger partial charge in [0.2, 0.25) is 5.91 Å². The van der Waals surface area contributed by atoms with E-state index in [1.54, 1.807) is 12.1 Å². The summed E-state index contributed by atoms with van der Waals surface area (Å²) in [5.74, 6) is -0.747. The fraction of sp³-hybridized carbons (Fsp3) is 0.185. The van der Waals surface area contributed by atoms with Crippen molar-refractivity contribution in [2.24, 2.45) is 0 Å². The van der Waals surface area contributed by atoms with Crippen LogP contribution in [-0.2, 0) is 4.79 Å². The van der Waals surface area contributed by atoms with Gasteiger partial charge in [-0.3, -0.25) is 4.79 Å². The summed E-state index contributed by atoms with van der Waals surface area (Å²) in [7, 11) is 0. The van der Waals surface area contributed by atoms with Gasteiger partial charge in [0.1, 0.15) is 5.82 Å². The summed E-state index contributed by atoms with van der Waals surface area (Å²) in [5.41, 5.74) is 6.27. The third-order valence-corrected chi connectivity index (χ3v) is 7.20. The molecule has 0 spiro atoms. The molecule has 0 saturated carbocycles. The van der Waals surface area contributed by atoms with Crippen LogP contribution in [0.3, 0.4) is 0 Å². The number of hydrogen-bond acceptors (Lipinski definition) is 3. The first-order chi connectivity index (χ1) is 16.3. The van der Waals surface area contributed by atoms with Crippen molar-refractivity contribution in [2.45, 2.75) is 37.6 Å². The first-order valence-corrected chi connectivity index (χ1v) is 12.7. The Morgan fingerprint density at radius 3 is 2.24 bits per heavy atom. The molecule has 0 fully saturated rings. The summed E-state index contributed by atoms with van der Waals surface area (Å²) in [6.07, 6.45) is 0.565. The third kappa shape index (κ3) is 5.59. The minimum atomic E-state index is -0.483. The van der Waals surface area contributed by atoms with E-state index in [0.29, 0.717) is 16.0 Å². The molecule has 1 unspecified atom stereocenters. The van der Waals surface area contributed by atoms with Crippen LogP contribution < -0.4 is 5.32 Å². The number of benzene rings is 3. The van der Waals surface area contributed by atoms with Crippen LogP contribution in [0, 0.1) is 19.7 Å². The van der Waals surface area contributed by atoms with Gasteiger partial charge in [-0.2, -0.15) is 0 Å². The lowest BCUT2D eigenvalue weighted by molar-refractivity contribution is -0.115. The summed E-state index contributed by atoms with van der Waals surface area (Å²) >= 11 is 4.58. The standard InChI is InChI=1S/C27H25BrFN3OS/c1-4-23(26(33)30-22-14-13-20(28)15-21(22)29)34-27-31-24(18-9-5-16(2)6-10-18)25(32-27)19-11-7-17(3)8-12-19/h5-15,23H,4H2,1-3H3,(H,30,33)(H,31,32). The lowest BCUT2D eigenvalue weighted by atomic mass is 10.0. The molecule has 4 nitrogen and oxygen atoms in total. The number of thioether (sulfide) groups is 1. The van der Waals surface area contributed by atoms with E-state index in [1.165, 1.54) is 29.0 Å². The van der Waals surface area contributed by atoms with Gasteiger partial charge in [0.15, 0.2) is 5.16 Å². The number of carbonyl (C=O) groups is 1. The van der Waals surface area contributed by atoms with E-state index >= 15 is 0 Å². The smallest absolute Gasteiger partial charge is 0.238 e. The summed E-state index contributed by atoms with van der Waals surface area (Å²) in [4.78, 5) is 21.2. The van der Waals surface area contributed by atoms with Crippen molar-refractivity contribution >= 4 is 39.3 Å². The van der Waals surface area contributed by atoms with E-state index < -0.39 is 11.1 Å². The molecule has 2 N–H and O–H groups in total. The Balaban J connectivity index is 1.63. The number of anilines is 1. The van der Waals surface area contributed by atoms with Crippen molar-refractivity contribution in [3.8, 4) is 22.5 Å². The van der Waals surface area contributed by atoms with Gasteiger partial charge >= 0.3 is 0 Å². The number of carbonyl (C=O) groups excluding carboxylic acids is 1. The Kier molecular flexibility index (Phi) is 7.54. The summed E-state index contributed by atoms with van der Waals surface area (Å²) in [6, 6.07) is 21.1. The largest absolute Gasteiger partial charge is 0.332 e. The Hall–Kier alpha value is -2.90. The SMILES string of the molecule is CCC(Sc1nc(-c2ccc(C)cc2)c(-c2ccc(C)cc2)[nH]1)C(=O)Nc1ccc(Br)cc1F. The number of halogens is 2. The number of nitrogens with zero attached hydrogens (tertiary/aromatic N) is 1. The summed E-state index contributed by atoms with van der Waals surface area (Å²) in [5, 5.41) is 2.91. The molecule has 0 aliphatic carbocycles. The highest BCUT2D eigenvalue weighted by atomic mass is 79.9. The molecule has 0 bridgehead atoms. The number of aryl methyl sites for hydroxylation is 2. The molecule has 3 aromatic carbocycles. The monoisotopic (exact) mass is 537 g/mol. The maximum atomic E-state index is 14.2. The quantitative estimate of drug-likeness (QED) is 0.236. The summed E-state index contributed by atoms with van der Waals surface area (Å²) < 4.78 is 14.8. The van der Waals surface area contributed by atoms with Crippen LogP contribution in [0.4, 0.5) is 10.1 Å². The fourth-order valence-electron chi connectivity index (χ4n) is 3.52. The minimum absolute atomic E-state index is 0.160. The molecule has 174 valence electrons. The zero-order chi connectivity index (χ0) is 24.2. The average molecular weight is 538 g/mol. The van der Waals surface area contributed by atoms with Gasteiger partial charge in [-0.1, -0.05) is 94.3 Å². The molecule has 7 heteroatoms. The van der Waals surface area contributed by atoms with E-state index in [0.717, 1.165) is 22.5 Å². The Morgan fingerprint density at radius 2 is 1.65 bits per heavy atom. The van der Waals surface area contributed by atoms with Gasteiger partial charge in [-0.25, -0.2) is 9.37 Å². The molecule has 4 rings (SSSR count). The second-order valence-corrected chi connectivity index (χ2v) is 10.2. The number of nitrogens with one attached hydrogen (secondary N) is 2. The van der Waals surface area contributed by atoms with Gasteiger partial charge < -0.3 is 10.3 Å². The second-order valence-electron chi connectivity index (χ2n) is 8.13. The molecule has 1 aromatic heterocycles. The van der Waals surface area contributed by atoms with Crippen LogP contribution in [0.15, 0.2) is 76.4 Å². The topological polar surface area (TPSA) is 57.8 Å². The molecule has 34 heavy (non-hydrogen) atoms. The molecule has 1 amide bonds. The number of amides is 1. The lowest BCUT2D eigenvalue weighted by Gasteiger charge is -2.14. The molecule has 0 saturated heterocycles. The van der Waals surface area contributed by atoms with Crippen LogP contribution in [0.2, 0.25) is 0 Å². The van der Waals surface area contributed by atoms with Crippen LogP contribution in [0.1, 0.15) is 24.5 Å². The van der Waals surface area contributed by atoms with Crippen molar-refractivity contribution < 1.29 is 9.18 Å². The van der Waals surface area contributed by atoms with E-state index in [1.807, 2.05) is 6.92 Å². The zero-order valence-electron chi connectivity index (χ0n) is 19.2. The highest BCUT2D eigenvalue weighted by Gasteiger charge is 2.23. The van der Waals surface area contributed by atoms with Gasteiger partial charge in [0, 0.05) is 15.6 Å². The highest BCUT2D eigenvalue weighted by Crippen LogP contribution is 2.35. The van der Waals surface area contributed by atoms with Crippen molar-refractivity contribution in [2.75, 3.05) is 5.32 Å². The minimum Gasteiger partial charge on any atom is -0.332 e. The van der Waals surface area contributed by atoms with Crippen LogP contribution >= 0.6 is 27.7 Å². The number of rotatable bonds is 7. The van der Waals surface area contributed by atoms with Crippen molar-refractivity contribution in [1.29, 1.82) is 0 Å². The van der Waals surface area contributed by atoms with E-state index in [9.17, 15) is 9.18 Å². The molecule has 0 aliphatic heterocycles. The molecule has 1 atom stereocenters. The molecular formula is C27H25BrFN3OS. The third-order valence-electron chi connectivity index (χ3n) is 5.45. The van der Waals surface area contributed by atoms with Gasteiger partial charge in [0.25, 0.3) is 0 Å². The maximum Gasteiger partial charge on any atom is 0.238 e. The first-order valence-electron chi connectivity index (χ1n) is 11.0. The average Bonchev–Trinajstić information content (AvgIpc) is 3.24. The fourth-order valence-corrected chi connectivity index (χ4v) is 4.76. The molecular weight excluding hydrogens is 513 g/mol. The molecule has 4 aromatic rings. The normalized spacial score (nSPS) is 11.9. The zero-order valence-corrected chi connectivity index (χ0v) is 21.6. The number of imidazole rings is 1. The van der Waals surface area contributed by atoms with E-state index in [-0.39, 0.29) is 11.6 Å². The number of aromatic amines is 1. The van der Waals surface area contributed by atoms with E-state index in [2.05, 4.69) is 88.6 Å². The lowest BCUT2D eigenvalue weighted by Crippen LogP contribution is -2.25. The Labute approximate surface area is 211 Å². The molecule has 1 heterocycles. The number of aromatic nitrogens is 2. The van der Waals surface area contributed by atoms with Gasteiger partial charge in [0.05, 0.1) is 22.3 Å². The Bertz CT molecular complexity index is 1240. The number of H-pyrrole nitrogens is 1. The second kappa shape index (κ2) is 10.6. The maximum absolute atomic E-state index is 14.2. The molecule has 0 radical (unpaired) electrons. The van der Waals surface area contributed by atoms with Gasteiger partial charge in [-0.05, 0) is 38.5 Å². The highest BCUT2D eigenvalue weighted by molar-refractivity contribution is 9.10. The summed E-state index contributed by atoms with van der Waals surface area (Å²) in [6.45, 7) is 6.03. The van der Waals surface area contributed by atoms with Crippen LogP contribution in [-0.4, -0.2) is 21.1 Å². The van der Waals surface area contributed by atoms with Crippen LogP contribution in [0.5, 0.6) is 0 Å². The van der Waals surface area contributed by atoms with Crippen molar-refractivity contribution in [1.82, 2.24) is 9.97 Å². The number of hydrogen-bond donors (Lipinski definition) is 2. The van der Waals surface area contributed by atoms with E-state index in [4.69, 9.17) is 4.98 Å². The predicted octanol–water partition coefficient (Wildman–Crippen LogP) is 7.77. The van der Waals surface area contributed by atoms with Crippen molar-refractivity contribution in [3.05, 3.63) is 88.1 Å². The predicted molar refractivity (Wildman–Crippen MR) is 142 cm³/mol. The Morgan fingerprint density at radius 1 is 1.03 bits per heavy atom. The first kappa shape index (κ1) is 24.2.